The fraction of sp³-hybridized carbons (Fsp3) is 0.458. The smallest absolute Gasteiger partial charge is 0.333 e. The number of esters is 5. The summed E-state index contributed by atoms with van der Waals surface area (Å²) >= 11 is 0. The lowest BCUT2D eigenvalue weighted by Gasteiger charge is -2.43. The lowest BCUT2D eigenvalue weighted by Crippen LogP contribution is -2.63. The monoisotopic (exact) mass is 524 g/mol. The molecule has 1 aliphatic heterocycles. The molecule has 0 spiro atoms. The van der Waals surface area contributed by atoms with Gasteiger partial charge in [-0.15, -0.1) is 0 Å². The predicted molar refractivity (Wildman–Crippen MR) is 122 cm³/mol. The van der Waals surface area contributed by atoms with Gasteiger partial charge in [-0.25, -0.2) is 4.79 Å². The van der Waals surface area contributed by atoms with Crippen LogP contribution in [0.4, 0.5) is 0 Å². The van der Waals surface area contributed by atoms with Gasteiger partial charge in [0, 0.05) is 33.8 Å². The minimum Gasteiger partial charge on any atom is -0.504 e. The SMILES string of the molecule is COc1cc(/C=C/C(=O)O[C@@H]2O[C@H](COC(C)=O)[C@@H](OC(C)=O)[C@H](OC(C)=O)[C@H]2OC(C)=O)ccc1O. The Morgan fingerprint density at radius 3 is 2.03 bits per heavy atom. The van der Waals surface area contributed by atoms with E-state index >= 15 is 0 Å². The number of rotatable bonds is 9. The Morgan fingerprint density at radius 2 is 1.46 bits per heavy atom. The van der Waals surface area contributed by atoms with Gasteiger partial charge in [0.1, 0.15) is 12.7 Å². The molecule has 1 aromatic carbocycles. The fourth-order valence-electron chi connectivity index (χ4n) is 3.40. The molecule has 37 heavy (non-hydrogen) atoms. The number of methoxy groups -OCH3 is 1. The highest BCUT2D eigenvalue weighted by atomic mass is 16.7. The Hall–Kier alpha value is -4.13. The zero-order valence-electron chi connectivity index (χ0n) is 20.8. The third kappa shape index (κ3) is 8.79. The molecule has 0 saturated carbocycles. The normalized spacial score (nSPS) is 23.0. The van der Waals surface area contributed by atoms with Crippen LogP contribution in [-0.2, 0) is 52.4 Å². The van der Waals surface area contributed by atoms with Crippen molar-refractivity contribution in [2.24, 2.45) is 0 Å². The fourth-order valence-corrected chi connectivity index (χ4v) is 3.40. The third-order valence-electron chi connectivity index (χ3n) is 4.80. The van der Waals surface area contributed by atoms with Crippen LogP contribution in [0.25, 0.3) is 6.08 Å². The van der Waals surface area contributed by atoms with E-state index in [0.717, 1.165) is 33.8 Å². The second-order valence-electron chi connectivity index (χ2n) is 7.77. The number of aromatic hydroxyl groups is 1. The van der Waals surface area contributed by atoms with E-state index in [-0.39, 0.29) is 11.5 Å². The summed E-state index contributed by atoms with van der Waals surface area (Å²) in [5, 5.41) is 9.70. The first kappa shape index (κ1) is 29.1. The van der Waals surface area contributed by atoms with E-state index < -0.39 is 67.2 Å². The summed E-state index contributed by atoms with van der Waals surface area (Å²) in [5.74, 6) is -4.00. The van der Waals surface area contributed by atoms with Crippen molar-refractivity contribution in [3.8, 4) is 11.5 Å². The molecule has 2 rings (SSSR count). The van der Waals surface area contributed by atoms with Crippen LogP contribution in [0, 0.1) is 0 Å². The minimum atomic E-state index is -1.65. The van der Waals surface area contributed by atoms with Crippen LogP contribution in [0.15, 0.2) is 24.3 Å². The first-order valence-corrected chi connectivity index (χ1v) is 11.0. The maximum absolute atomic E-state index is 12.6. The molecule has 1 aliphatic rings. The molecule has 13 nitrogen and oxygen atoms in total. The average molecular weight is 524 g/mol. The van der Waals surface area contributed by atoms with Gasteiger partial charge in [-0.2, -0.15) is 0 Å². The molecule has 0 unspecified atom stereocenters. The second kappa shape index (κ2) is 13.3. The van der Waals surface area contributed by atoms with E-state index in [9.17, 15) is 29.1 Å². The molecule has 0 aromatic heterocycles. The van der Waals surface area contributed by atoms with E-state index in [1.165, 1.54) is 31.4 Å². The molecular weight excluding hydrogens is 496 g/mol. The zero-order valence-corrected chi connectivity index (χ0v) is 20.8. The van der Waals surface area contributed by atoms with E-state index in [0.29, 0.717) is 5.56 Å². The predicted octanol–water partition coefficient (Wildman–Crippen LogP) is 1.04. The number of hydrogen-bond acceptors (Lipinski definition) is 13. The molecule has 13 heteroatoms. The molecule has 1 fully saturated rings. The van der Waals surface area contributed by atoms with Crippen molar-refractivity contribution in [1.29, 1.82) is 0 Å². The number of ether oxygens (including phenoxy) is 7. The van der Waals surface area contributed by atoms with Gasteiger partial charge in [-0.3, -0.25) is 19.2 Å². The van der Waals surface area contributed by atoms with Crippen molar-refractivity contribution in [2.45, 2.75) is 58.4 Å². The standard InChI is InChI=1S/C24H28O13/c1-12(25)32-11-19-21(33-13(2)26)22(34-14(3)27)23(35-15(4)28)24(36-19)37-20(30)9-7-16-6-8-17(29)18(10-16)31-5/h6-10,19,21-24,29H,11H2,1-5H3/b9-7+/t19-,21-,22+,23-,24+/m1/s1. The van der Waals surface area contributed by atoms with Gasteiger partial charge < -0.3 is 38.3 Å². The van der Waals surface area contributed by atoms with Crippen molar-refractivity contribution < 1.29 is 62.2 Å². The summed E-state index contributed by atoms with van der Waals surface area (Å²) in [5.41, 5.74) is 0.480. The van der Waals surface area contributed by atoms with E-state index in [4.69, 9.17) is 33.2 Å². The maximum Gasteiger partial charge on any atom is 0.333 e. The third-order valence-corrected chi connectivity index (χ3v) is 4.80. The molecule has 5 atom stereocenters. The minimum absolute atomic E-state index is 0.0975. The van der Waals surface area contributed by atoms with E-state index in [1.54, 1.807) is 0 Å². The molecule has 0 amide bonds. The summed E-state index contributed by atoms with van der Waals surface area (Å²) in [4.78, 5) is 59.4. The number of carbonyl (C=O) groups excluding carboxylic acids is 5. The number of benzene rings is 1. The zero-order chi connectivity index (χ0) is 27.7. The summed E-state index contributed by atoms with van der Waals surface area (Å²) in [6.07, 6.45) is -4.90. The van der Waals surface area contributed by atoms with Crippen molar-refractivity contribution in [3.63, 3.8) is 0 Å². The van der Waals surface area contributed by atoms with Gasteiger partial charge in [0.05, 0.1) is 7.11 Å². The van der Waals surface area contributed by atoms with Crippen LogP contribution in [-0.4, -0.2) is 79.4 Å². The summed E-state index contributed by atoms with van der Waals surface area (Å²) in [6, 6.07) is 4.34. The molecule has 1 saturated heterocycles. The highest BCUT2D eigenvalue weighted by molar-refractivity contribution is 5.87. The van der Waals surface area contributed by atoms with E-state index in [2.05, 4.69) is 0 Å². The maximum atomic E-state index is 12.6. The van der Waals surface area contributed by atoms with Crippen LogP contribution >= 0.6 is 0 Å². The first-order valence-electron chi connectivity index (χ1n) is 11.0. The van der Waals surface area contributed by atoms with Gasteiger partial charge >= 0.3 is 29.8 Å². The average Bonchev–Trinajstić information content (AvgIpc) is 2.80. The lowest BCUT2D eigenvalue weighted by atomic mass is 9.98. The topological polar surface area (TPSA) is 170 Å². The van der Waals surface area contributed by atoms with E-state index in [1.807, 2.05) is 0 Å². The Kier molecular flexibility index (Phi) is 10.4. The number of phenolic OH excluding ortho intramolecular Hbond substituents is 1. The molecule has 1 N–H and O–H groups in total. The van der Waals surface area contributed by atoms with Crippen molar-refractivity contribution in [3.05, 3.63) is 29.8 Å². The van der Waals surface area contributed by atoms with Crippen LogP contribution in [0.1, 0.15) is 33.3 Å². The molecule has 0 bridgehead atoms. The number of carbonyl (C=O) groups is 5. The Balaban J connectivity index is 2.36. The second-order valence-corrected chi connectivity index (χ2v) is 7.77. The van der Waals surface area contributed by atoms with Crippen molar-refractivity contribution >= 4 is 35.9 Å². The molecular formula is C24H28O13. The number of hydrogen-bond donors (Lipinski definition) is 1. The Labute approximate surface area is 212 Å². The van der Waals surface area contributed by atoms with Crippen LogP contribution in [0.3, 0.4) is 0 Å². The van der Waals surface area contributed by atoms with Crippen molar-refractivity contribution in [1.82, 2.24) is 0 Å². The van der Waals surface area contributed by atoms with Gasteiger partial charge in [0.2, 0.25) is 12.4 Å². The van der Waals surface area contributed by atoms with Gasteiger partial charge in [0.25, 0.3) is 0 Å². The van der Waals surface area contributed by atoms with Crippen LogP contribution < -0.4 is 4.74 Å². The summed E-state index contributed by atoms with van der Waals surface area (Å²) in [6.45, 7) is 3.89. The van der Waals surface area contributed by atoms with Gasteiger partial charge in [0.15, 0.2) is 23.7 Å². The molecule has 0 radical (unpaired) electrons. The lowest BCUT2D eigenvalue weighted by molar-refractivity contribution is -0.299. The Bertz CT molecular complexity index is 1050. The molecule has 1 heterocycles. The van der Waals surface area contributed by atoms with Crippen molar-refractivity contribution in [2.75, 3.05) is 13.7 Å². The Morgan fingerprint density at radius 1 is 0.865 bits per heavy atom. The van der Waals surface area contributed by atoms with Gasteiger partial charge in [-0.05, 0) is 23.8 Å². The summed E-state index contributed by atoms with van der Waals surface area (Å²) < 4.78 is 36.7. The molecule has 0 aliphatic carbocycles. The highest BCUT2D eigenvalue weighted by Gasteiger charge is 2.53. The first-order chi connectivity index (χ1) is 17.4. The van der Waals surface area contributed by atoms with Gasteiger partial charge in [-0.1, -0.05) is 6.07 Å². The quantitative estimate of drug-likeness (QED) is 0.276. The summed E-state index contributed by atoms with van der Waals surface area (Å²) in [7, 11) is 1.36. The number of phenols is 1. The molecule has 202 valence electrons. The van der Waals surface area contributed by atoms with Crippen LogP contribution in [0.5, 0.6) is 11.5 Å². The highest BCUT2D eigenvalue weighted by Crippen LogP contribution is 2.30. The van der Waals surface area contributed by atoms with Crippen LogP contribution in [0.2, 0.25) is 0 Å². The molecule has 1 aromatic rings. The largest absolute Gasteiger partial charge is 0.504 e.